The normalized spacial score (nSPS) is 66.4. The third-order valence-corrected chi connectivity index (χ3v) is 3.67. The number of halogens is 1. The number of fused-ring (bicyclic) bond motifs is 1. The molecule has 3 unspecified atom stereocenters. The lowest BCUT2D eigenvalue weighted by molar-refractivity contribution is 0.154. The first-order chi connectivity index (χ1) is 4.30. The summed E-state index contributed by atoms with van der Waals surface area (Å²) in [5, 5.41) is 9.39. The predicted octanol–water partition coefficient (Wildman–Crippen LogP) is 1.13. The summed E-state index contributed by atoms with van der Waals surface area (Å²) in [6.45, 7) is 0. The van der Waals surface area contributed by atoms with Crippen LogP contribution in [0.4, 0.5) is 0 Å². The quantitative estimate of drug-likeness (QED) is 0.602. The Hall–Kier alpha value is 0.180. The van der Waals surface area contributed by atoms with Crippen LogP contribution in [-0.4, -0.2) is 11.2 Å². The molecule has 0 spiro atoms. The second kappa shape index (κ2) is 1.15. The number of hydrogen-bond donors (Lipinski definition) is 1. The van der Waals surface area contributed by atoms with Gasteiger partial charge in [0, 0.05) is 4.48 Å². The van der Waals surface area contributed by atoms with Crippen molar-refractivity contribution < 1.29 is 5.11 Å². The molecule has 2 fully saturated rings. The summed E-state index contributed by atoms with van der Waals surface area (Å²) in [5.74, 6) is 3.28. The zero-order valence-corrected chi connectivity index (χ0v) is 6.38. The highest BCUT2D eigenvalue weighted by Gasteiger charge is 2.76. The molecule has 0 aromatic carbocycles. The van der Waals surface area contributed by atoms with Gasteiger partial charge in [0.2, 0.25) is 0 Å². The summed E-state index contributed by atoms with van der Waals surface area (Å²) in [4.78, 5) is 0. The molecule has 4 aliphatic rings. The molecular weight excluding hydrogens is 180 g/mol. The Morgan fingerprint density at radius 1 is 1.33 bits per heavy atom. The van der Waals surface area contributed by atoms with E-state index in [1.807, 2.05) is 0 Å². The topological polar surface area (TPSA) is 20.2 Å². The van der Waals surface area contributed by atoms with Gasteiger partial charge in [-0.25, -0.2) is 0 Å². The number of rotatable bonds is 0. The summed E-state index contributed by atoms with van der Waals surface area (Å²) in [5.41, 5.74) is 0. The van der Waals surface area contributed by atoms with E-state index in [0.29, 0.717) is 5.92 Å². The van der Waals surface area contributed by atoms with Crippen LogP contribution >= 0.6 is 15.9 Å². The van der Waals surface area contributed by atoms with E-state index < -0.39 is 0 Å². The van der Waals surface area contributed by atoms with Crippen molar-refractivity contribution in [3.05, 3.63) is 10.6 Å². The lowest BCUT2D eigenvalue weighted by Crippen LogP contribution is -2.22. The average molecular weight is 187 g/mol. The number of hydrogen-bond acceptors (Lipinski definition) is 1. The van der Waals surface area contributed by atoms with Crippen LogP contribution in [0, 0.1) is 23.7 Å². The van der Waals surface area contributed by atoms with Crippen LogP contribution in [0.2, 0.25) is 0 Å². The van der Waals surface area contributed by atoms with Gasteiger partial charge in [-0.3, -0.25) is 0 Å². The van der Waals surface area contributed by atoms with Crippen LogP contribution in [0.15, 0.2) is 10.6 Å². The summed E-state index contributed by atoms with van der Waals surface area (Å²) >= 11 is 3.35. The second-order valence-electron chi connectivity index (χ2n) is 3.31. The van der Waals surface area contributed by atoms with Crippen molar-refractivity contribution in [1.82, 2.24) is 0 Å². The molecule has 4 rings (SSSR count). The van der Waals surface area contributed by atoms with Gasteiger partial charge in [-0.2, -0.15) is 0 Å². The van der Waals surface area contributed by atoms with E-state index in [4.69, 9.17) is 0 Å². The van der Waals surface area contributed by atoms with Crippen molar-refractivity contribution in [2.24, 2.45) is 23.7 Å². The molecule has 2 bridgehead atoms. The Kier molecular flexibility index (Phi) is 0.626. The fourth-order valence-electron chi connectivity index (χ4n) is 2.25. The molecule has 9 heavy (non-hydrogen) atoms. The molecule has 0 radical (unpaired) electrons. The highest BCUT2D eigenvalue weighted by atomic mass is 79.9. The molecular formula is C7H7BrO. The first-order valence-corrected chi connectivity index (χ1v) is 4.15. The lowest BCUT2D eigenvalue weighted by atomic mass is 9.93. The Bertz CT molecular complexity index is 201. The molecule has 0 amide bonds. The monoisotopic (exact) mass is 186 g/mol. The fraction of sp³-hybridized carbons (Fsp3) is 0.714. The third-order valence-electron chi connectivity index (χ3n) is 2.94. The maximum absolute atomic E-state index is 9.39. The van der Waals surface area contributed by atoms with E-state index in [2.05, 4.69) is 22.0 Å². The molecule has 48 valence electrons. The first-order valence-electron chi connectivity index (χ1n) is 3.36. The van der Waals surface area contributed by atoms with Crippen molar-refractivity contribution in [3.63, 3.8) is 0 Å². The van der Waals surface area contributed by atoms with Crippen molar-refractivity contribution in [1.29, 1.82) is 0 Å². The van der Waals surface area contributed by atoms with Crippen molar-refractivity contribution >= 4 is 15.9 Å². The van der Waals surface area contributed by atoms with E-state index in [1.54, 1.807) is 0 Å². The minimum absolute atomic E-state index is 0.148. The highest BCUT2D eigenvalue weighted by Crippen LogP contribution is 2.78. The van der Waals surface area contributed by atoms with Crippen LogP contribution in [0.25, 0.3) is 0 Å². The molecule has 0 heterocycles. The minimum atomic E-state index is -0.148. The largest absolute Gasteiger partial charge is 0.388 e. The van der Waals surface area contributed by atoms with Gasteiger partial charge in [0.25, 0.3) is 0 Å². The third kappa shape index (κ3) is 0.393. The summed E-state index contributed by atoms with van der Waals surface area (Å²) < 4.78 is 1.03. The van der Waals surface area contributed by atoms with E-state index in [0.717, 1.165) is 22.2 Å². The van der Waals surface area contributed by atoms with Crippen LogP contribution in [0.3, 0.4) is 0 Å². The molecule has 2 saturated carbocycles. The van der Waals surface area contributed by atoms with E-state index >= 15 is 0 Å². The van der Waals surface area contributed by atoms with Crippen LogP contribution in [0.1, 0.15) is 0 Å². The van der Waals surface area contributed by atoms with E-state index in [9.17, 15) is 5.11 Å². The molecule has 0 saturated heterocycles. The summed E-state index contributed by atoms with van der Waals surface area (Å²) in [7, 11) is 0. The zero-order valence-electron chi connectivity index (χ0n) is 4.79. The van der Waals surface area contributed by atoms with Crippen LogP contribution in [0.5, 0.6) is 0 Å². The Balaban J connectivity index is 2.04. The Labute approximate surface area is 61.9 Å². The van der Waals surface area contributed by atoms with Gasteiger partial charge < -0.3 is 5.11 Å². The Morgan fingerprint density at radius 2 is 2.00 bits per heavy atom. The van der Waals surface area contributed by atoms with Crippen molar-refractivity contribution in [2.75, 3.05) is 0 Å². The van der Waals surface area contributed by atoms with E-state index in [-0.39, 0.29) is 6.10 Å². The number of aliphatic hydroxyl groups excluding tert-OH is 1. The summed E-state index contributed by atoms with van der Waals surface area (Å²) in [6.07, 6.45) is 2.03. The second-order valence-corrected chi connectivity index (χ2v) is 4.22. The predicted molar refractivity (Wildman–Crippen MR) is 37.0 cm³/mol. The molecule has 0 aromatic rings. The molecule has 1 nitrogen and oxygen atoms in total. The van der Waals surface area contributed by atoms with E-state index in [1.165, 1.54) is 0 Å². The van der Waals surface area contributed by atoms with Gasteiger partial charge in [0.05, 0.1) is 6.10 Å². The number of allylic oxidation sites excluding steroid dienone is 1. The van der Waals surface area contributed by atoms with Crippen LogP contribution in [-0.2, 0) is 0 Å². The highest BCUT2D eigenvalue weighted by molar-refractivity contribution is 9.11. The number of aliphatic hydroxyl groups is 1. The smallest absolute Gasteiger partial charge is 0.0885 e. The van der Waals surface area contributed by atoms with Gasteiger partial charge in [-0.05, 0) is 23.7 Å². The van der Waals surface area contributed by atoms with Gasteiger partial charge in [0.1, 0.15) is 0 Å². The van der Waals surface area contributed by atoms with Gasteiger partial charge in [-0.1, -0.05) is 22.0 Å². The van der Waals surface area contributed by atoms with Gasteiger partial charge >= 0.3 is 0 Å². The fourth-order valence-corrected chi connectivity index (χ4v) is 2.86. The minimum Gasteiger partial charge on any atom is -0.388 e. The maximum atomic E-state index is 9.39. The van der Waals surface area contributed by atoms with Gasteiger partial charge in [0.15, 0.2) is 0 Å². The molecule has 0 aliphatic heterocycles. The standard InChI is InChI=1S/C7H7BrO/c8-3-1-2-4-5(2)6(4)7(3)9/h1-2,4-7,9H/t2?,4-,5+,6?,7?. The maximum Gasteiger partial charge on any atom is 0.0885 e. The molecule has 4 aliphatic carbocycles. The first kappa shape index (κ1) is 4.91. The molecule has 1 N–H and O–H groups in total. The zero-order chi connectivity index (χ0) is 6.17. The van der Waals surface area contributed by atoms with Crippen molar-refractivity contribution in [3.8, 4) is 0 Å². The van der Waals surface area contributed by atoms with Gasteiger partial charge in [-0.15, -0.1) is 0 Å². The van der Waals surface area contributed by atoms with Crippen molar-refractivity contribution in [2.45, 2.75) is 6.10 Å². The average Bonchev–Trinajstić information content (AvgIpc) is 2.61. The molecule has 2 heteroatoms. The summed E-state index contributed by atoms with van der Waals surface area (Å²) in [6, 6.07) is 0. The molecule has 5 atom stereocenters. The SMILES string of the molecule is OC1C(Br)=CC2[C@@H]3C1[C@H]23. The Morgan fingerprint density at radius 3 is 2.44 bits per heavy atom. The van der Waals surface area contributed by atoms with Crippen LogP contribution < -0.4 is 0 Å². The molecule has 0 aromatic heterocycles. The lowest BCUT2D eigenvalue weighted by Gasteiger charge is -2.21.